The number of carboxylic acid groups (broad SMARTS) is 1. The van der Waals surface area contributed by atoms with Crippen LogP contribution in [0.4, 0.5) is 17.6 Å². The largest absolute Gasteiger partial charge is 0.478 e. The lowest BCUT2D eigenvalue weighted by Gasteiger charge is -2.07. The van der Waals surface area contributed by atoms with Crippen molar-refractivity contribution in [2.24, 2.45) is 0 Å². The monoisotopic (exact) mass is 280 g/mol. The highest BCUT2D eigenvalue weighted by Crippen LogP contribution is 2.21. The molecule has 0 atom stereocenters. The highest BCUT2D eigenvalue weighted by Gasteiger charge is 2.25. The first-order chi connectivity index (χ1) is 8.79. The highest BCUT2D eigenvalue weighted by atomic mass is 19.4. The third-order valence-corrected chi connectivity index (χ3v) is 2.28. The van der Waals surface area contributed by atoms with E-state index in [1.165, 1.54) is 6.07 Å². The van der Waals surface area contributed by atoms with Crippen molar-refractivity contribution >= 4 is 5.97 Å². The van der Waals surface area contributed by atoms with Gasteiger partial charge in [-0.1, -0.05) is 6.07 Å². The molecule has 0 unspecified atom stereocenters. The van der Waals surface area contributed by atoms with Crippen LogP contribution in [0.5, 0.6) is 0 Å². The second kappa shape index (κ2) is 6.51. The zero-order valence-electron chi connectivity index (χ0n) is 9.84. The Bertz CT molecular complexity index is 443. The van der Waals surface area contributed by atoms with E-state index in [0.29, 0.717) is 5.56 Å². The molecule has 1 rings (SSSR count). The molecule has 3 nitrogen and oxygen atoms in total. The minimum absolute atomic E-state index is 0.0608. The van der Waals surface area contributed by atoms with E-state index in [0.717, 1.165) is 12.1 Å². The van der Waals surface area contributed by atoms with E-state index in [1.807, 2.05) is 0 Å². The Morgan fingerprint density at radius 2 is 2.00 bits per heavy atom. The first kappa shape index (κ1) is 15.4. The topological polar surface area (TPSA) is 46.5 Å². The molecule has 0 radical (unpaired) electrons. The highest BCUT2D eigenvalue weighted by molar-refractivity contribution is 5.87. The summed E-state index contributed by atoms with van der Waals surface area (Å²) in [7, 11) is 0. The van der Waals surface area contributed by atoms with Gasteiger partial charge in [0.1, 0.15) is 5.82 Å². The summed E-state index contributed by atoms with van der Waals surface area (Å²) < 4.78 is 53.7. The average molecular weight is 280 g/mol. The normalized spacial score (nSPS) is 11.6. The predicted octanol–water partition coefficient (Wildman–Crippen LogP) is 3.38. The van der Waals surface area contributed by atoms with Crippen LogP contribution in [0.3, 0.4) is 0 Å². The summed E-state index contributed by atoms with van der Waals surface area (Å²) >= 11 is 0. The second-order valence-corrected chi connectivity index (χ2v) is 3.89. The van der Waals surface area contributed by atoms with Crippen molar-refractivity contribution in [2.75, 3.05) is 6.61 Å². The van der Waals surface area contributed by atoms with Crippen LogP contribution in [0.15, 0.2) is 18.2 Å². The van der Waals surface area contributed by atoms with Gasteiger partial charge in [0.2, 0.25) is 0 Å². The summed E-state index contributed by atoms with van der Waals surface area (Å²) in [5.74, 6) is -2.28. The molecule has 0 saturated carbocycles. The maximum atomic E-state index is 13.2. The number of hydrogen-bond acceptors (Lipinski definition) is 2. The van der Waals surface area contributed by atoms with Gasteiger partial charge >= 0.3 is 12.1 Å². The molecule has 0 aromatic heterocycles. The van der Waals surface area contributed by atoms with Crippen molar-refractivity contribution in [3.63, 3.8) is 0 Å². The van der Waals surface area contributed by atoms with Crippen LogP contribution in [0, 0.1) is 5.82 Å². The molecule has 7 heteroatoms. The Morgan fingerprint density at radius 3 is 2.53 bits per heavy atom. The molecule has 0 amide bonds. The molecule has 0 aliphatic carbocycles. The molecule has 1 aromatic carbocycles. The molecule has 0 saturated heterocycles. The van der Waals surface area contributed by atoms with Gasteiger partial charge in [0.05, 0.1) is 12.2 Å². The third-order valence-electron chi connectivity index (χ3n) is 2.28. The lowest BCUT2D eigenvalue weighted by molar-refractivity contribution is -0.138. The van der Waals surface area contributed by atoms with E-state index in [-0.39, 0.29) is 19.6 Å². The molecule has 19 heavy (non-hydrogen) atoms. The maximum absolute atomic E-state index is 13.2. The molecule has 0 bridgehead atoms. The molecular weight excluding hydrogens is 268 g/mol. The van der Waals surface area contributed by atoms with Gasteiger partial charge in [0.15, 0.2) is 0 Å². The zero-order valence-corrected chi connectivity index (χ0v) is 9.84. The summed E-state index contributed by atoms with van der Waals surface area (Å²) in [5.41, 5.74) is -0.0877. The lowest BCUT2D eigenvalue weighted by atomic mass is 10.1. The van der Waals surface area contributed by atoms with Crippen molar-refractivity contribution in [3.05, 3.63) is 35.1 Å². The molecule has 0 aliphatic heterocycles. The maximum Gasteiger partial charge on any atom is 0.389 e. The van der Waals surface area contributed by atoms with Crippen molar-refractivity contribution < 1.29 is 32.2 Å². The Labute approximate surface area is 106 Å². The van der Waals surface area contributed by atoms with E-state index in [4.69, 9.17) is 9.84 Å². The van der Waals surface area contributed by atoms with Crippen molar-refractivity contribution in [2.45, 2.75) is 25.6 Å². The SMILES string of the molecule is O=C(O)c1ccc(COCCCC(F)(F)F)cc1F. The van der Waals surface area contributed by atoms with Crippen LogP contribution < -0.4 is 0 Å². The number of benzene rings is 1. The second-order valence-electron chi connectivity index (χ2n) is 3.89. The fourth-order valence-corrected chi connectivity index (χ4v) is 1.39. The van der Waals surface area contributed by atoms with Crippen LogP contribution >= 0.6 is 0 Å². The molecule has 1 N–H and O–H groups in total. The van der Waals surface area contributed by atoms with Gasteiger partial charge in [-0.15, -0.1) is 0 Å². The van der Waals surface area contributed by atoms with Gasteiger partial charge in [-0.05, 0) is 24.1 Å². The third kappa shape index (κ3) is 5.69. The average Bonchev–Trinajstić information content (AvgIpc) is 2.26. The summed E-state index contributed by atoms with van der Waals surface area (Å²) in [4.78, 5) is 10.5. The number of carboxylic acids is 1. The Morgan fingerprint density at radius 1 is 1.32 bits per heavy atom. The number of aromatic carboxylic acids is 1. The van der Waals surface area contributed by atoms with E-state index in [9.17, 15) is 22.4 Å². The van der Waals surface area contributed by atoms with Crippen LogP contribution in [0.25, 0.3) is 0 Å². The van der Waals surface area contributed by atoms with Gasteiger partial charge in [-0.2, -0.15) is 13.2 Å². The number of ether oxygens (including phenoxy) is 1. The van der Waals surface area contributed by atoms with E-state index in [1.54, 1.807) is 0 Å². The number of hydrogen-bond donors (Lipinski definition) is 1. The molecule has 0 heterocycles. The van der Waals surface area contributed by atoms with Crippen LogP contribution in [-0.2, 0) is 11.3 Å². The molecule has 1 aromatic rings. The van der Waals surface area contributed by atoms with E-state index in [2.05, 4.69) is 0 Å². The zero-order chi connectivity index (χ0) is 14.5. The minimum Gasteiger partial charge on any atom is -0.478 e. The van der Waals surface area contributed by atoms with Crippen molar-refractivity contribution in [3.8, 4) is 0 Å². The van der Waals surface area contributed by atoms with Gasteiger partial charge in [-0.3, -0.25) is 0 Å². The Kier molecular flexibility index (Phi) is 5.29. The lowest BCUT2D eigenvalue weighted by Crippen LogP contribution is -2.09. The summed E-state index contributed by atoms with van der Waals surface area (Å²) in [6.45, 7) is -0.156. The fraction of sp³-hybridized carbons (Fsp3) is 0.417. The molecule has 0 fully saturated rings. The summed E-state index contributed by atoms with van der Waals surface area (Å²) in [6.07, 6.45) is -5.31. The smallest absolute Gasteiger partial charge is 0.389 e. The molecule has 0 spiro atoms. The minimum atomic E-state index is -4.21. The van der Waals surface area contributed by atoms with E-state index < -0.39 is 29.9 Å². The first-order valence-electron chi connectivity index (χ1n) is 5.46. The quantitative estimate of drug-likeness (QED) is 0.642. The molecular formula is C12H12F4O3. The van der Waals surface area contributed by atoms with Crippen LogP contribution in [0.2, 0.25) is 0 Å². The van der Waals surface area contributed by atoms with E-state index >= 15 is 0 Å². The number of alkyl halides is 3. The van der Waals surface area contributed by atoms with Crippen molar-refractivity contribution in [1.82, 2.24) is 0 Å². The van der Waals surface area contributed by atoms with Gasteiger partial charge in [0.25, 0.3) is 0 Å². The number of rotatable bonds is 6. The molecule has 106 valence electrons. The standard InChI is InChI=1S/C12H12F4O3/c13-10-6-8(2-3-9(10)11(17)18)7-19-5-1-4-12(14,15)16/h2-3,6H,1,4-5,7H2,(H,17,18). The van der Waals surface area contributed by atoms with Crippen LogP contribution in [-0.4, -0.2) is 23.9 Å². The first-order valence-corrected chi connectivity index (χ1v) is 5.46. The van der Waals surface area contributed by atoms with Gasteiger partial charge in [0, 0.05) is 13.0 Å². The number of carbonyl (C=O) groups is 1. The summed E-state index contributed by atoms with van der Waals surface area (Å²) in [6, 6.07) is 3.44. The fourth-order valence-electron chi connectivity index (χ4n) is 1.39. The number of halogens is 4. The van der Waals surface area contributed by atoms with Gasteiger partial charge in [-0.25, -0.2) is 9.18 Å². The predicted molar refractivity (Wildman–Crippen MR) is 58.3 cm³/mol. The Balaban J connectivity index is 2.38. The Hall–Kier alpha value is -1.63. The molecule has 0 aliphatic rings. The summed E-state index contributed by atoms with van der Waals surface area (Å²) in [5, 5.41) is 8.60. The van der Waals surface area contributed by atoms with Crippen molar-refractivity contribution in [1.29, 1.82) is 0 Å². The van der Waals surface area contributed by atoms with Gasteiger partial charge < -0.3 is 9.84 Å². The van der Waals surface area contributed by atoms with Crippen LogP contribution in [0.1, 0.15) is 28.8 Å².